The maximum absolute atomic E-state index is 12.7. The van der Waals surface area contributed by atoms with Gasteiger partial charge in [-0.25, -0.2) is 12.7 Å². The van der Waals surface area contributed by atoms with Crippen LogP contribution in [0.5, 0.6) is 0 Å². The average molecular weight is 364 g/mol. The fourth-order valence-electron chi connectivity index (χ4n) is 3.78. The molecule has 3 rings (SSSR count). The highest BCUT2D eigenvalue weighted by molar-refractivity contribution is 7.89. The van der Waals surface area contributed by atoms with Crippen LogP contribution in [0, 0.1) is 18.8 Å². The minimum absolute atomic E-state index is 0.104. The standard InChI is InChI=1S/C18H24N2O4S/c1-12-4-5-15-16(9-12)18(22)20(17(15)21)6-7-25(23,24)19-10-13(2)8-14(3)11-19/h4-5,9,13-14H,6-8,10-11H2,1-3H3. The fourth-order valence-corrected chi connectivity index (χ4v) is 5.41. The summed E-state index contributed by atoms with van der Waals surface area (Å²) in [5.74, 6) is -0.395. The summed E-state index contributed by atoms with van der Waals surface area (Å²) in [5, 5.41) is 0. The lowest BCUT2D eigenvalue weighted by molar-refractivity contribution is 0.0663. The molecule has 0 saturated carbocycles. The molecule has 0 aromatic heterocycles. The van der Waals surface area contributed by atoms with Gasteiger partial charge in [-0.2, -0.15) is 0 Å². The van der Waals surface area contributed by atoms with E-state index in [0.29, 0.717) is 36.1 Å². The van der Waals surface area contributed by atoms with Crippen LogP contribution in [0.2, 0.25) is 0 Å². The number of aryl methyl sites for hydroxylation is 1. The average Bonchev–Trinajstić information content (AvgIpc) is 2.75. The number of carbonyl (C=O) groups is 2. The van der Waals surface area contributed by atoms with Gasteiger partial charge in [0.15, 0.2) is 0 Å². The highest BCUT2D eigenvalue weighted by Gasteiger charge is 2.37. The third-order valence-electron chi connectivity index (χ3n) is 4.93. The molecule has 0 N–H and O–H groups in total. The molecule has 7 heteroatoms. The molecule has 2 atom stereocenters. The molecule has 2 amide bonds. The molecule has 2 aliphatic rings. The number of carbonyl (C=O) groups excluding carboxylic acids is 2. The van der Waals surface area contributed by atoms with Crippen molar-refractivity contribution in [1.29, 1.82) is 0 Å². The molecule has 0 aliphatic carbocycles. The Morgan fingerprint density at radius 2 is 1.64 bits per heavy atom. The van der Waals surface area contributed by atoms with Crippen molar-refractivity contribution >= 4 is 21.8 Å². The predicted molar refractivity (Wildman–Crippen MR) is 94.9 cm³/mol. The Morgan fingerprint density at radius 1 is 1.04 bits per heavy atom. The van der Waals surface area contributed by atoms with Gasteiger partial charge < -0.3 is 0 Å². The number of amides is 2. The Labute approximate surface area is 148 Å². The number of benzene rings is 1. The molecule has 136 valence electrons. The van der Waals surface area contributed by atoms with Crippen LogP contribution in [0.15, 0.2) is 18.2 Å². The largest absolute Gasteiger partial charge is 0.273 e. The van der Waals surface area contributed by atoms with Gasteiger partial charge in [0.25, 0.3) is 11.8 Å². The Hall–Kier alpha value is -1.73. The molecule has 1 fully saturated rings. The number of rotatable bonds is 4. The fraction of sp³-hybridized carbons (Fsp3) is 0.556. The number of imide groups is 1. The first-order valence-corrected chi connectivity index (χ1v) is 10.2. The van der Waals surface area contributed by atoms with Gasteiger partial charge in [-0.15, -0.1) is 0 Å². The van der Waals surface area contributed by atoms with E-state index in [1.165, 1.54) is 4.31 Å². The summed E-state index contributed by atoms with van der Waals surface area (Å²) in [6.07, 6.45) is 1.02. The second-order valence-electron chi connectivity index (χ2n) is 7.39. The maximum Gasteiger partial charge on any atom is 0.261 e. The van der Waals surface area contributed by atoms with Crippen LogP contribution in [0.25, 0.3) is 0 Å². The number of fused-ring (bicyclic) bond motifs is 1. The predicted octanol–water partition coefficient (Wildman–Crippen LogP) is 1.90. The molecular weight excluding hydrogens is 340 g/mol. The number of nitrogens with zero attached hydrogens (tertiary/aromatic N) is 2. The second-order valence-corrected chi connectivity index (χ2v) is 9.48. The smallest absolute Gasteiger partial charge is 0.261 e. The van der Waals surface area contributed by atoms with Crippen LogP contribution >= 0.6 is 0 Å². The zero-order valence-corrected chi connectivity index (χ0v) is 15.7. The van der Waals surface area contributed by atoms with Crippen molar-refractivity contribution in [3.05, 3.63) is 34.9 Å². The first-order chi connectivity index (χ1) is 11.7. The molecule has 0 radical (unpaired) electrons. The number of hydrogen-bond acceptors (Lipinski definition) is 4. The molecule has 0 bridgehead atoms. The van der Waals surface area contributed by atoms with Crippen LogP contribution in [-0.4, -0.2) is 54.8 Å². The molecular formula is C18H24N2O4S. The third-order valence-corrected chi connectivity index (χ3v) is 6.71. The van der Waals surface area contributed by atoms with Crippen molar-refractivity contribution in [1.82, 2.24) is 9.21 Å². The highest BCUT2D eigenvalue weighted by Crippen LogP contribution is 2.26. The van der Waals surface area contributed by atoms with Crippen LogP contribution in [-0.2, 0) is 10.0 Å². The SMILES string of the molecule is Cc1ccc2c(c1)C(=O)N(CCS(=O)(=O)N1CC(C)CC(C)C1)C2=O. The van der Waals surface area contributed by atoms with E-state index < -0.39 is 21.8 Å². The van der Waals surface area contributed by atoms with Gasteiger partial charge in [0, 0.05) is 19.6 Å². The summed E-state index contributed by atoms with van der Waals surface area (Å²) in [7, 11) is -3.49. The van der Waals surface area contributed by atoms with Gasteiger partial charge in [0.2, 0.25) is 10.0 Å². The van der Waals surface area contributed by atoms with Crippen LogP contribution in [0.3, 0.4) is 0 Å². The van der Waals surface area contributed by atoms with E-state index in [0.717, 1.165) is 16.9 Å². The summed E-state index contributed by atoms with van der Waals surface area (Å²) in [5.41, 5.74) is 1.61. The number of piperidine rings is 1. The first kappa shape index (κ1) is 18.1. The van der Waals surface area contributed by atoms with Crippen LogP contribution < -0.4 is 0 Å². The molecule has 0 spiro atoms. The van der Waals surface area contributed by atoms with Gasteiger partial charge in [-0.1, -0.05) is 25.5 Å². The van der Waals surface area contributed by atoms with Gasteiger partial charge in [-0.3, -0.25) is 14.5 Å². The van der Waals surface area contributed by atoms with E-state index in [-0.39, 0.29) is 12.3 Å². The molecule has 2 aliphatic heterocycles. The Balaban J connectivity index is 1.71. The third kappa shape index (κ3) is 3.48. The van der Waals surface area contributed by atoms with E-state index in [1.54, 1.807) is 18.2 Å². The van der Waals surface area contributed by atoms with Crippen LogP contribution in [0.4, 0.5) is 0 Å². The molecule has 2 heterocycles. The highest BCUT2D eigenvalue weighted by atomic mass is 32.2. The van der Waals surface area contributed by atoms with Gasteiger partial charge in [-0.05, 0) is 37.3 Å². The van der Waals surface area contributed by atoms with Crippen molar-refractivity contribution in [2.24, 2.45) is 11.8 Å². The van der Waals surface area contributed by atoms with E-state index in [1.807, 2.05) is 20.8 Å². The molecule has 6 nitrogen and oxygen atoms in total. The van der Waals surface area contributed by atoms with Crippen molar-refractivity contribution < 1.29 is 18.0 Å². The van der Waals surface area contributed by atoms with Crippen molar-refractivity contribution in [3.8, 4) is 0 Å². The second kappa shape index (κ2) is 6.53. The zero-order valence-electron chi connectivity index (χ0n) is 14.9. The molecule has 25 heavy (non-hydrogen) atoms. The lowest BCUT2D eigenvalue weighted by Gasteiger charge is -2.34. The Kier molecular flexibility index (Phi) is 4.72. The normalized spacial score (nSPS) is 24.7. The summed E-state index contributed by atoms with van der Waals surface area (Å²) < 4.78 is 26.8. The summed E-state index contributed by atoms with van der Waals surface area (Å²) in [6.45, 7) is 6.86. The van der Waals surface area contributed by atoms with E-state index in [4.69, 9.17) is 0 Å². The Bertz CT molecular complexity index is 808. The monoisotopic (exact) mass is 364 g/mol. The van der Waals surface area contributed by atoms with E-state index >= 15 is 0 Å². The molecule has 1 saturated heterocycles. The van der Waals surface area contributed by atoms with Crippen molar-refractivity contribution in [2.75, 3.05) is 25.4 Å². The molecule has 2 unspecified atom stereocenters. The van der Waals surface area contributed by atoms with E-state index in [2.05, 4.69) is 0 Å². The van der Waals surface area contributed by atoms with Crippen LogP contribution in [0.1, 0.15) is 46.5 Å². The van der Waals surface area contributed by atoms with Gasteiger partial charge in [0.05, 0.1) is 16.9 Å². The molecule has 1 aromatic rings. The zero-order chi connectivity index (χ0) is 18.4. The minimum Gasteiger partial charge on any atom is -0.273 e. The Morgan fingerprint density at radius 3 is 2.28 bits per heavy atom. The topological polar surface area (TPSA) is 74.8 Å². The van der Waals surface area contributed by atoms with E-state index in [9.17, 15) is 18.0 Å². The van der Waals surface area contributed by atoms with Crippen molar-refractivity contribution in [3.63, 3.8) is 0 Å². The number of hydrogen-bond donors (Lipinski definition) is 0. The first-order valence-electron chi connectivity index (χ1n) is 8.63. The van der Waals surface area contributed by atoms with Gasteiger partial charge >= 0.3 is 0 Å². The quantitative estimate of drug-likeness (QED) is 0.765. The molecule has 1 aromatic carbocycles. The van der Waals surface area contributed by atoms with Crippen molar-refractivity contribution in [2.45, 2.75) is 27.2 Å². The number of sulfonamides is 1. The lowest BCUT2D eigenvalue weighted by Crippen LogP contribution is -2.45. The van der Waals surface area contributed by atoms with Gasteiger partial charge in [0.1, 0.15) is 0 Å². The lowest BCUT2D eigenvalue weighted by atomic mass is 9.94. The minimum atomic E-state index is -3.49. The summed E-state index contributed by atoms with van der Waals surface area (Å²) in [4.78, 5) is 25.9. The summed E-state index contributed by atoms with van der Waals surface area (Å²) in [6, 6.07) is 5.09. The summed E-state index contributed by atoms with van der Waals surface area (Å²) >= 11 is 0. The maximum atomic E-state index is 12.7.